The SMILES string of the molecule is COCCN1C(=O)CC[C@@H]1c1c[nH]c2ccccc12. The van der Waals surface area contributed by atoms with Crippen LogP contribution in [0.25, 0.3) is 10.9 Å². The largest absolute Gasteiger partial charge is 0.383 e. The molecule has 1 N–H and O–H groups in total. The summed E-state index contributed by atoms with van der Waals surface area (Å²) < 4.78 is 5.10. The number of ether oxygens (including phenoxy) is 1. The number of hydrogen-bond donors (Lipinski definition) is 1. The lowest BCUT2D eigenvalue weighted by atomic mass is 10.0. The second-order valence-electron chi connectivity index (χ2n) is 4.92. The number of nitrogens with one attached hydrogen (secondary N) is 1. The number of aromatic amines is 1. The Balaban J connectivity index is 1.94. The summed E-state index contributed by atoms with van der Waals surface area (Å²) in [5, 5.41) is 1.21. The Morgan fingerprint density at radius 1 is 1.42 bits per heavy atom. The number of amides is 1. The third kappa shape index (κ3) is 2.12. The van der Waals surface area contributed by atoms with Crippen LogP contribution in [0, 0.1) is 0 Å². The van der Waals surface area contributed by atoms with Gasteiger partial charge in [0.25, 0.3) is 0 Å². The van der Waals surface area contributed by atoms with Gasteiger partial charge in [0, 0.05) is 37.2 Å². The van der Waals surface area contributed by atoms with Gasteiger partial charge in [-0.15, -0.1) is 0 Å². The van der Waals surface area contributed by atoms with E-state index in [9.17, 15) is 4.79 Å². The van der Waals surface area contributed by atoms with E-state index in [1.165, 1.54) is 10.9 Å². The molecule has 1 amide bonds. The topological polar surface area (TPSA) is 45.3 Å². The van der Waals surface area contributed by atoms with Crippen LogP contribution in [-0.4, -0.2) is 36.1 Å². The van der Waals surface area contributed by atoms with Gasteiger partial charge in [-0.3, -0.25) is 4.79 Å². The number of rotatable bonds is 4. The molecule has 0 radical (unpaired) electrons. The van der Waals surface area contributed by atoms with Crippen LogP contribution in [-0.2, 0) is 9.53 Å². The molecule has 1 fully saturated rings. The molecule has 4 nitrogen and oxygen atoms in total. The van der Waals surface area contributed by atoms with E-state index in [1.54, 1.807) is 7.11 Å². The van der Waals surface area contributed by atoms with Crippen molar-refractivity contribution in [2.75, 3.05) is 20.3 Å². The number of benzene rings is 1. The van der Waals surface area contributed by atoms with E-state index in [-0.39, 0.29) is 11.9 Å². The van der Waals surface area contributed by atoms with Crippen molar-refractivity contribution in [2.24, 2.45) is 0 Å². The predicted octanol–water partition coefficient (Wildman–Crippen LogP) is 2.48. The Labute approximate surface area is 112 Å². The van der Waals surface area contributed by atoms with Gasteiger partial charge in [0.2, 0.25) is 5.91 Å². The molecule has 1 aromatic heterocycles. The number of para-hydroxylation sites is 1. The number of H-pyrrole nitrogens is 1. The first-order valence-electron chi connectivity index (χ1n) is 6.65. The second kappa shape index (κ2) is 5.05. The average Bonchev–Trinajstić information content (AvgIpc) is 3.00. The molecule has 1 saturated heterocycles. The fourth-order valence-corrected chi connectivity index (χ4v) is 2.90. The molecular formula is C15H18N2O2. The minimum absolute atomic E-state index is 0.179. The molecule has 0 unspecified atom stereocenters. The van der Waals surface area contributed by atoms with Gasteiger partial charge in [0.1, 0.15) is 0 Å². The summed E-state index contributed by atoms with van der Waals surface area (Å²) in [4.78, 5) is 17.2. The summed E-state index contributed by atoms with van der Waals surface area (Å²) in [6, 6.07) is 8.41. The Morgan fingerprint density at radius 3 is 3.11 bits per heavy atom. The lowest BCUT2D eigenvalue weighted by Gasteiger charge is -2.24. The molecule has 1 aromatic carbocycles. The van der Waals surface area contributed by atoms with Gasteiger partial charge in [0.05, 0.1) is 12.6 Å². The van der Waals surface area contributed by atoms with Gasteiger partial charge in [-0.05, 0) is 18.1 Å². The third-order valence-electron chi connectivity index (χ3n) is 3.84. The first kappa shape index (κ1) is 12.2. The van der Waals surface area contributed by atoms with Gasteiger partial charge in [0.15, 0.2) is 0 Å². The standard InChI is InChI=1S/C15H18N2O2/c1-19-9-8-17-14(6-7-15(17)18)12-10-16-13-5-3-2-4-11(12)13/h2-5,10,14,16H,6-9H2,1H3/t14-/m1/s1. The number of nitrogens with zero attached hydrogens (tertiary/aromatic N) is 1. The number of likely N-dealkylation sites (tertiary alicyclic amines) is 1. The summed E-state index contributed by atoms with van der Waals surface area (Å²) >= 11 is 0. The summed E-state index contributed by atoms with van der Waals surface area (Å²) in [6.07, 6.45) is 3.56. The molecular weight excluding hydrogens is 240 g/mol. The van der Waals surface area contributed by atoms with Crippen molar-refractivity contribution >= 4 is 16.8 Å². The van der Waals surface area contributed by atoms with E-state index in [0.717, 1.165) is 11.9 Å². The smallest absolute Gasteiger partial charge is 0.223 e. The number of fused-ring (bicyclic) bond motifs is 1. The zero-order valence-corrected chi connectivity index (χ0v) is 11.1. The molecule has 4 heteroatoms. The number of carbonyl (C=O) groups is 1. The van der Waals surface area contributed by atoms with E-state index in [0.29, 0.717) is 19.6 Å². The highest BCUT2D eigenvalue weighted by molar-refractivity contribution is 5.86. The maximum absolute atomic E-state index is 12.0. The van der Waals surface area contributed by atoms with Crippen LogP contribution in [0.5, 0.6) is 0 Å². The van der Waals surface area contributed by atoms with E-state index in [2.05, 4.69) is 17.1 Å². The summed E-state index contributed by atoms with van der Waals surface area (Å²) in [6.45, 7) is 1.25. The van der Waals surface area contributed by atoms with Crippen LogP contribution in [0.15, 0.2) is 30.5 Å². The van der Waals surface area contributed by atoms with Crippen molar-refractivity contribution in [3.8, 4) is 0 Å². The Kier molecular flexibility index (Phi) is 3.25. The van der Waals surface area contributed by atoms with Gasteiger partial charge in [-0.2, -0.15) is 0 Å². The highest BCUT2D eigenvalue weighted by Gasteiger charge is 2.32. The molecule has 1 aliphatic rings. The molecule has 0 aliphatic carbocycles. The van der Waals surface area contributed by atoms with Crippen molar-refractivity contribution < 1.29 is 9.53 Å². The molecule has 2 aromatic rings. The van der Waals surface area contributed by atoms with Crippen molar-refractivity contribution in [3.63, 3.8) is 0 Å². The van der Waals surface area contributed by atoms with Crippen LogP contribution in [0.3, 0.4) is 0 Å². The number of aromatic nitrogens is 1. The van der Waals surface area contributed by atoms with Crippen LogP contribution in [0.4, 0.5) is 0 Å². The fraction of sp³-hybridized carbons (Fsp3) is 0.400. The quantitative estimate of drug-likeness (QED) is 0.915. The molecule has 2 heterocycles. The Bertz CT molecular complexity index is 591. The van der Waals surface area contributed by atoms with Crippen LogP contribution in [0.1, 0.15) is 24.4 Å². The van der Waals surface area contributed by atoms with Crippen LogP contribution < -0.4 is 0 Å². The first-order valence-corrected chi connectivity index (χ1v) is 6.65. The Hall–Kier alpha value is -1.81. The summed E-state index contributed by atoms with van der Waals surface area (Å²) in [5.74, 6) is 0.229. The lowest BCUT2D eigenvalue weighted by Crippen LogP contribution is -2.30. The average molecular weight is 258 g/mol. The molecule has 100 valence electrons. The third-order valence-corrected chi connectivity index (χ3v) is 3.84. The van der Waals surface area contributed by atoms with E-state index >= 15 is 0 Å². The van der Waals surface area contributed by atoms with E-state index in [1.807, 2.05) is 23.2 Å². The summed E-state index contributed by atoms with van der Waals surface area (Å²) in [7, 11) is 1.67. The lowest BCUT2D eigenvalue weighted by molar-refractivity contribution is -0.129. The molecule has 1 aliphatic heterocycles. The zero-order valence-electron chi connectivity index (χ0n) is 11.1. The highest BCUT2D eigenvalue weighted by Crippen LogP contribution is 2.36. The number of carbonyl (C=O) groups excluding carboxylic acids is 1. The Morgan fingerprint density at radius 2 is 2.26 bits per heavy atom. The molecule has 3 rings (SSSR count). The number of methoxy groups -OCH3 is 1. The minimum Gasteiger partial charge on any atom is -0.383 e. The molecule has 0 spiro atoms. The maximum Gasteiger partial charge on any atom is 0.223 e. The summed E-state index contributed by atoms with van der Waals surface area (Å²) in [5.41, 5.74) is 2.35. The minimum atomic E-state index is 0.179. The zero-order chi connectivity index (χ0) is 13.2. The van der Waals surface area contributed by atoms with E-state index < -0.39 is 0 Å². The maximum atomic E-state index is 12.0. The van der Waals surface area contributed by atoms with E-state index in [4.69, 9.17) is 4.74 Å². The van der Waals surface area contributed by atoms with Gasteiger partial charge in [-0.1, -0.05) is 18.2 Å². The van der Waals surface area contributed by atoms with Gasteiger partial charge >= 0.3 is 0 Å². The molecule has 0 bridgehead atoms. The number of hydrogen-bond acceptors (Lipinski definition) is 2. The second-order valence-corrected chi connectivity index (χ2v) is 4.92. The molecule has 19 heavy (non-hydrogen) atoms. The van der Waals surface area contributed by atoms with Crippen molar-refractivity contribution in [3.05, 3.63) is 36.0 Å². The highest BCUT2D eigenvalue weighted by atomic mass is 16.5. The predicted molar refractivity (Wildman–Crippen MR) is 73.9 cm³/mol. The van der Waals surface area contributed by atoms with Crippen LogP contribution in [0.2, 0.25) is 0 Å². The van der Waals surface area contributed by atoms with Crippen LogP contribution >= 0.6 is 0 Å². The van der Waals surface area contributed by atoms with Crippen molar-refractivity contribution in [1.82, 2.24) is 9.88 Å². The molecule has 1 atom stereocenters. The van der Waals surface area contributed by atoms with Gasteiger partial charge < -0.3 is 14.6 Å². The molecule has 0 saturated carbocycles. The fourth-order valence-electron chi connectivity index (χ4n) is 2.90. The monoisotopic (exact) mass is 258 g/mol. The van der Waals surface area contributed by atoms with Gasteiger partial charge in [-0.25, -0.2) is 0 Å². The van der Waals surface area contributed by atoms with Crippen molar-refractivity contribution in [2.45, 2.75) is 18.9 Å². The van der Waals surface area contributed by atoms with Crippen molar-refractivity contribution in [1.29, 1.82) is 0 Å². The first-order chi connectivity index (χ1) is 9.31. The normalized spacial score (nSPS) is 19.5.